The van der Waals surface area contributed by atoms with Crippen LogP contribution in [0.15, 0.2) is 0 Å². The highest BCUT2D eigenvalue weighted by atomic mass is 35.5. The summed E-state index contributed by atoms with van der Waals surface area (Å²) in [6, 6.07) is 0. The van der Waals surface area contributed by atoms with Gasteiger partial charge in [-0.05, 0) is 0 Å². The van der Waals surface area contributed by atoms with Crippen LogP contribution >= 0.6 is 12.4 Å². The third-order valence-corrected chi connectivity index (χ3v) is 1.66. The first-order valence-corrected chi connectivity index (χ1v) is 4.12. The number of carbonyl (C=O) groups excluding carboxylic acids is 2. The number of hydrogen-bond donors (Lipinski definition) is 1. The molecule has 0 aliphatic carbocycles. The molecule has 0 saturated heterocycles. The Balaban J connectivity index is 0. The summed E-state index contributed by atoms with van der Waals surface area (Å²) in [5, 5.41) is 0. The van der Waals surface area contributed by atoms with Gasteiger partial charge in [-0.3, -0.25) is 9.59 Å². The third kappa shape index (κ3) is 6.68. The molecular formula is C8H17ClN2O3. The summed E-state index contributed by atoms with van der Waals surface area (Å²) in [5.74, 6) is -0.362. The number of hydrogen-bond acceptors (Lipinski definition) is 4. The van der Waals surface area contributed by atoms with Crippen molar-refractivity contribution in [2.45, 2.75) is 12.8 Å². The number of nitrogens with two attached hydrogens (primary N) is 1. The Morgan fingerprint density at radius 1 is 1.36 bits per heavy atom. The molecule has 5 nitrogen and oxygen atoms in total. The maximum absolute atomic E-state index is 11.1. The second-order valence-electron chi connectivity index (χ2n) is 2.68. The van der Waals surface area contributed by atoms with E-state index in [1.165, 1.54) is 12.0 Å². The van der Waals surface area contributed by atoms with Crippen LogP contribution in [0.3, 0.4) is 0 Å². The van der Waals surface area contributed by atoms with Crippen molar-refractivity contribution in [3.63, 3.8) is 0 Å². The molecule has 0 bridgehead atoms. The fraction of sp³-hybridized carbons (Fsp3) is 0.750. The minimum absolute atomic E-state index is 0. The lowest BCUT2D eigenvalue weighted by Gasteiger charge is -2.15. The number of methoxy groups -OCH3 is 1. The fourth-order valence-electron chi connectivity index (χ4n) is 0.800. The van der Waals surface area contributed by atoms with Gasteiger partial charge in [0.1, 0.15) is 0 Å². The van der Waals surface area contributed by atoms with Gasteiger partial charge in [-0.15, -0.1) is 12.4 Å². The molecule has 0 aliphatic heterocycles. The quantitative estimate of drug-likeness (QED) is 0.656. The number of nitrogens with zero attached hydrogens (tertiary/aromatic N) is 1. The van der Waals surface area contributed by atoms with Crippen LogP contribution in [0.2, 0.25) is 0 Å². The van der Waals surface area contributed by atoms with Crippen LogP contribution in [0.25, 0.3) is 0 Å². The van der Waals surface area contributed by atoms with E-state index in [9.17, 15) is 9.59 Å². The Bertz CT molecular complexity index is 187. The second kappa shape index (κ2) is 8.77. The molecule has 0 radical (unpaired) electrons. The van der Waals surface area contributed by atoms with Gasteiger partial charge in [-0.25, -0.2) is 0 Å². The maximum Gasteiger partial charge on any atom is 0.307 e. The first-order valence-electron chi connectivity index (χ1n) is 4.12. The van der Waals surface area contributed by atoms with Gasteiger partial charge in [-0.2, -0.15) is 0 Å². The summed E-state index contributed by atoms with van der Waals surface area (Å²) in [7, 11) is 2.96. The molecule has 0 aromatic heterocycles. The summed E-state index contributed by atoms with van der Waals surface area (Å²) in [5.41, 5.74) is 5.21. The smallest absolute Gasteiger partial charge is 0.307 e. The molecule has 84 valence electrons. The minimum Gasteiger partial charge on any atom is -0.469 e. The topological polar surface area (TPSA) is 72.6 Å². The Labute approximate surface area is 90.0 Å². The lowest BCUT2D eigenvalue weighted by Crippen LogP contribution is -2.30. The van der Waals surface area contributed by atoms with E-state index in [-0.39, 0.29) is 30.7 Å². The summed E-state index contributed by atoms with van der Waals surface area (Å²) < 4.78 is 4.44. The fourth-order valence-corrected chi connectivity index (χ4v) is 0.800. The van der Waals surface area contributed by atoms with E-state index in [0.29, 0.717) is 19.5 Å². The van der Waals surface area contributed by atoms with Gasteiger partial charge in [0.05, 0.1) is 13.5 Å². The monoisotopic (exact) mass is 224 g/mol. The largest absolute Gasteiger partial charge is 0.469 e. The number of amides is 1. The molecular weight excluding hydrogens is 208 g/mol. The first-order chi connectivity index (χ1) is 6.11. The van der Waals surface area contributed by atoms with Crippen molar-refractivity contribution < 1.29 is 14.3 Å². The number of halogens is 1. The minimum atomic E-state index is -0.313. The SMILES string of the molecule is COC(=O)CCN(C)C(=O)CCN.Cl. The predicted octanol–water partition coefficient (Wildman–Crippen LogP) is -0.222. The Kier molecular flexibility index (Phi) is 9.81. The number of ether oxygens (including phenoxy) is 1. The maximum atomic E-state index is 11.1. The number of rotatable bonds is 5. The van der Waals surface area contributed by atoms with E-state index >= 15 is 0 Å². The molecule has 14 heavy (non-hydrogen) atoms. The molecule has 0 aliphatic rings. The standard InChI is InChI=1S/C8H16N2O3.ClH/c1-10(7(11)3-5-9)6-4-8(12)13-2;/h3-6,9H2,1-2H3;1H. The molecule has 0 unspecified atom stereocenters. The van der Waals surface area contributed by atoms with Crippen LogP contribution in [0.5, 0.6) is 0 Å². The molecule has 0 aromatic rings. The van der Waals surface area contributed by atoms with Crippen molar-refractivity contribution in [3.8, 4) is 0 Å². The van der Waals surface area contributed by atoms with Gasteiger partial charge in [0.15, 0.2) is 0 Å². The highest BCUT2D eigenvalue weighted by molar-refractivity contribution is 5.85. The molecule has 0 heterocycles. The van der Waals surface area contributed by atoms with Gasteiger partial charge < -0.3 is 15.4 Å². The average molecular weight is 225 g/mol. The van der Waals surface area contributed by atoms with Crippen LogP contribution < -0.4 is 5.73 Å². The van der Waals surface area contributed by atoms with E-state index < -0.39 is 0 Å². The summed E-state index contributed by atoms with van der Waals surface area (Å²) in [4.78, 5) is 23.3. The van der Waals surface area contributed by atoms with Crippen molar-refractivity contribution in [2.75, 3.05) is 27.2 Å². The van der Waals surface area contributed by atoms with Gasteiger partial charge >= 0.3 is 5.97 Å². The van der Waals surface area contributed by atoms with Crippen molar-refractivity contribution in [3.05, 3.63) is 0 Å². The summed E-state index contributed by atoms with van der Waals surface area (Å²) in [6.07, 6.45) is 0.543. The van der Waals surface area contributed by atoms with Gasteiger partial charge in [0, 0.05) is 26.6 Å². The van der Waals surface area contributed by atoms with Crippen molar-refractivity contribution in [1.82, 2.24) is 4.90 Å². The Morgan fingerprint density at radius 2 is 1.93 bits per heavy atom. The Morgan fingerprint density at radius 3 is 2.36 bits per heavy atom. The number of carbonyl (C=O) groups is 2. The van der Waals surface area contributed by atoms with E-state index in [4.69, 9.17) is 5.73 Å². The van der Waals surface area contributed by atoms with Crippen molar-refractivity contribution >= 4 is 24.3 Å². The van der Waals surface area contributed by atoms with Crippen LogP contribution in [0.4, 0.5) is 0 Å². The lowest BCUT2D eigenvalue weighted by atomic mass is 10.3. The third-order valence-electron chi connectivity index (χ3n) is 1.66. The normalized spacial score (nSPS) is 8.79. The van der Waals surface area contributed by atoms with Crippen molar-refractivity contribution in [1.29, 1.82) is 0 Å². The summed E-state index contributed by atoms with van der Waals surface area (Å²) >= 11 is 0. The van der Waals surface area contributed by atoms with E-state index in [1.54, 1.807) is 7.05 Å². The van der Waals surface area contributed by atoms with Crippen LogP contribution in [-0.4, -0.2) is 44.0 Å². The molecule has 0 aromatic carbocycles. The molecule has 6 heteroatoms. The summed E-state index contributed by atoms with van der Waals surface area (Å²) in [6.45, 7) is 0.715. The van der Waals surface area contributed by atoms with Crippen LogP contribution in [0.1, 0.15) is 12.8 Å². The molecule has 2 N–H and O–H groups in total. The van der Waals surface area contributed by atoms with E-state index in [2.05, 4.69) is 4.74 Å². The lowest BCUT2D eigenvalue weighted by molar-refractivity contribution is -0.141. The molecule has 0 rings (SSSR count). The molecule has 0 atom stereocenters. The molecule has 0 fully saturated rings. The average Bonchev–Trinajstić information content (AvgIpc) is 2.13. The van der Waals surface area contributed by atoms with Crippen LogP contribution in [-0.2, 0) is 14.3 Å². The predicted molar refractivity (Wildman–Crippen MR) is 55.2 cm³/mol. The van der Waals surface area contributed by atoms with Crippen LogP contribution in [0, 0.1) is 0 Å². The first kappa shape index (κ1) is 15.7. The zero-order valence-corrected chi connectivity index (χ0v) is 9.30. The van der Waals surface area contributed by atoms with E-state index in [0.717, 1.165) is 0 Å². The number of esters is 1. The molecule has 0 spiro atoms. The zero-order chi connectivity index (χ0) is 10.3. The van der Waals surface area contributed by atoms with Gasteiger partial charge in [-0.1, -0.05) is 0 Å². The van der Waals surface area contributed by atoms with Gasteiger partial charge in [0.2, 0.25) is 5.91 Å². The molecule has 1 amide bonds. The highest BCUT2D eigenvalue weighted by Gasteiger charge is 2.09. The van der Waals surface area contributed by atoms with Gasteiger partial charge in [0.25, 0.3) is 0 Å². The molecule has 0 saturated carbocycles. The zero-order valence-electron chi connectivity index (χ0n) is 8.49. The van der Waals surface area contributed by atoms with Crippen molar-refractivity contribution in [2.24, 2.45) is 5.73 Å². The second-order valence-corrected chi connectivity index (χ2v) is 2.68. The Hall–Kier alpha value is -0.810. The highest BCUT2D eigenvalue weighted by Crippen LogP contribution is 1.93. The van der Waals surface area contributed by atoms with E-state index in [1.807, 2.05) is 0 Å².